The van der Waals surface area contributed by atoms with Crippen molar-refractivity contribution in [1.29, 1.82) is 0 Å². The van der Waals surface area contributed by atoms with Gasteiger partial charge in [0, 0.05) is 16.3 Å². The number of nitrogens with one attached hydrogen (secondary N) is 1. The summed E-state index contributed by atoms with van der Waals surface area (Å²) in [4.78, 5) is 7.29. The Balaban J connectivity index is 1.65. The number of H-pyrrole nitrogens is 1. The summed E-state index contributed by atoms with van der Waals surface area (Å²) in [7, 11) is 0. The van der Waals surface area contributed by atoms with Crippen molar-refractivity contribution in [1.82, 2.24) is 9.97 Å². The highest BCUT2D eigenvalue weighted by atomic mass is 35.5. The molecular weight excluding hydrogens is 379 g/mol. The molecule has 0 saturated carbocycles. The van der Waals surface area contributed by atoms with Gasteiger partial charge in [-0.05, 0) is 18.2 Å². The first-order chi connectivity index (χ1) is 12.1. The Morgan fingerprint density at radius 2 is 1.88 bits per heavy atom. The van der Waals surface area contributed by atoms with Gasteiger partial charge in [0.1, 0.15) is 0 Å². The zero-order valence-electron chi connectivity index (χ0n) is 12.6. The van der Waals surface area contributed by atoms with Crippen LogP contribution in [0.5, 0.6) is 5.88 Å². The fourth-order valence-corrected chi connectivity index (χ4v) is 3.35. The lowest BCUT2D eigenvalue weighted by molar-refractivity contribution is 0.459. The van der Waals surface area contributed by atoms with E-state index in [9.17, 15) is 5.11 Å². The van der Waals surface area contributed by atoms with Crippen LogP contribution in [0.25, 0.3) is 22.2 Å². The molecule has 25 heavy (non-hydrogen) atoms. The van der Waals surface area contributed by atoms with Gasteiger partial charge in [0.2, 0.25) is 11.0 Å². The fourth-order valence-electron chi connectivity index (χ4n) is 2.41. The number of hydrogen-bond donors (Lipinski definition) is 2. The second-order valence-electron chi connectivity index (χ2n) is 5.21. The zero-order valence-corrected chi connectivity index (χ0v) is 14.9. The number of hydrogen-bond acceptors (Lipinski definition) is 5. The fraction of sp³-hybridized carbons (Fsp3) is 0. The number of azo groups is 1. The Morgan fingerprint density at radius 3 is 2.72 bits per heavy atom. The van der Waals surface area contributed by atoms with Crippen LogP contribution in [0.1, 0.15) is 0 Å². The van der Waals surface area contributed by atoms with Crippen LogP contribution in [0.4, 0.5) is 10.8 Å². The molecule has 4 aromatic rings. The summed E-state index contributed by atoms with van der Waals surface area (Å²) >= 11 is 13.3. The lowest BCUT2D eigenvalue weighted by atomic mass is 10.2. The molecule has 4 rings (SSSR count). The van der Waals surface area contributed by atoms with Crippen LogP contribution in [0, 0.1) is 0 Å². The number of aromatic amines is 1. The van der Waals surface area contributed by atoms with E-state index in [4.69, 9.17) is 23.2 Å². The van der Waals surface area contributed by atoms with E-state index in [-0.39, 0.29) is 5.88 Å². The van der Waals surface area contributed by atoms with E-state index in [1.165, 1.54) is 11.3 Å². The SMILES string of the molecule is Oc1[nH]c2ccccc2c1/N=N/c1nc(-c2ccc(Cl)c(Cl)c2)cs1. The van der Waals surface area contributed by atoms with E-state index in [2.05, 4.69) is 20.2 Å². The summed E-state index contributed by atoms with van der Waals surface area (Å²) < 4.78 is 0. The molecule has 0 spiro atoms. The van der Waals surface area contributed by atoms with Gasteiger partial charge in [-0.2, -0.15) is 0 Å². The summed E-state index contributed by atoms with van der Waals surface area (Å²) in [5, 5.41) is 22.4. The van der Waals surface area contributed by atoms with Crippen LogP contribution >= 0.6 is 34.5 Å². The Morgan fingerprint density at radius 1 is 1.04 bits per heavy atom. The Hall–Kier alpha value is -2.41. The molecule has 0 saturated heterocycles. The van der Waals surface area contributed by atoms with E-state index in [1.807, 2.05) is 35.7 Å². The van der Waals surface area contributed by atoms with E-state index < -0.39 is 0 Å². The zero-order chi connectivity index (χ0) is 17.4. The lowest BCUT2D eigenvalue weighted by Gasteiger charge is -1.98. The molecule has 0 unspecified atom stereocenters. The van der Waals surface area contributed by atoms with Gasteiger partial charge in [-0.3, -0.25) is 0 Å². The molecule has 124 valence electrons. The van der Waals surface area contributed by atoms with Gasteiger partial charge in [0.25, 0.3) is 0 Å². The standard InChI is InChI=1S/C17H10Cl2N4OS/c18-11-6-5-9(7-12(11)19)14-8-25-17(21-14)23-22-15-10-3-1-2-4-13(10)20-16(15)24/h1-8,20,24H/b23-22+. The first-order valence-corrected chi connectivity index (χ1v) is 8.88. The molecule has 2 aromatic heterocycles. The summed E-state index contributed by atoms with van der Waals surface area (Å²) in [5.41, 5.74) is 2.77. The first kappa shape index (κ1) is 16.1. The molecule has 5 nitrogen and oxygen atoms in total. The number of aromatic nitrogens is 2. The average molecular weight is 389 g/mol. The van der Waals surface area contributed by atoms with E-state index >= 15 is 0 Å². The van der Waals surface area contributed by atoms with E-state index in [0.29, 0.717) is 20.9 Å². The van der Waals surface area contributed by atoms with Gasteiger partial charge in [-0.25, -0.2) is 4.98 Å². The second-order valence-corrected chi connectivity index (χ2v) is 6.86. The Labute approximate surface area is 156 Å². The molecule has 0 aliphatic heterocycles. The van der Waals surface area contributed by atoms with Crippen molar-refractivity contribution >= 4 is 56.3 Å². The van der Waals surface area contributed by atoms with Crippen molar-refractivity contribution in [3.8, 4) is 17.1 Å². The van der Waals surface area contributed by atoms with Crippen LogP contribution in [0.2, 0.25) is 10.0 Å². The number of rotatable bonds is 3. The number of para-hydroxylation sites is 1. The maximum Gasteiger partial charge on any atom is 0.230 e. The van der Waals surface area contributed by atoms with E-state index in [0.717, 1.165) is 22.2 Å². The monoisotopic (exact) mass is 388 g/mol. The minimum absolute atomic E-state index is 0.0220. The van der Waals surface area contributed by atoms with Gasteiger partial charge >= 0.3 is 0 Å². The van der Waals surface area contributed by atoms with Gasteiger partial charge in [0.05, 0.1) is 21.3 Å². The molecule has 0 amide bonds. The molecule has 0 radical (unpaired) electrons. The van der Waals surface area contributed by atoms with Crippen LogP contribution < -0.4 is 0 Å². The maximum absolute atomic E-state index is 10.00. The van der Waals surface area contributed by atoms with Crippen molar-refractivity contribution in [2.75, 3.05) is 0 Å². The highest BCUT2D eigenvalue weighted by Gasteiger charge is 2.10. The quantitative estimate of drug-likeness (QED) is 0.382. The third-order valence-electron chi connectivity index (χ3n) is 3.60. The van der Waals surface area contributed by atoms with Crippen molar-refractivity contribution in [2.24, 2.45) is 10.2 Å². The van der Waals surface area contributed by atoms with Gasteiger partial charge in [-0.15, -0.1) is 21.6 Å². The van der Waals surface area contributed by atoms with E-state index in [1.54, 1.807) is 12.1 Å². The largest absolute Gasteiger partial charge is 0.493 e. The third-order valence-corrected chi connectivity index (χ3v) is 5.07. The van der Waals surface area contributed by atoms with Gasteiger partial charge in [-0.1, -0.05) is 47.5 Å². The van der Waals surface area contributed by atoms with Gasteiger partial charge < -0.3 is 10.1 Å². The summed E-state index contributed by atoms with van der Waals surface area (Å²) in [5.74, 6) is -0.0220. The number of aromatic hydroxyl groups is 1. The Bertz CT molecular complexity index is 1100. The van der Waals surface area contributed by atoms with Crippen LogP contribution in [-0.4, -0.2) is 15.1 Å². The molecule has 2 heterocycles. The molecule has 2 aromatic carbocycles. The summed E-state index contributed by atoms with van der Waals surface area (Å²) in [6.45, 7) is 0. The molecule has 8 heteroatoms. The molecule has 2 N–H and O–H groups in total. The van der Waals surface area contributed by atoms with Crippen molar-refractivity contribution < 1.29 is 5.11 Å². The normalized spacial score (nSPS) is 11.6. The molecule has 0 aliphatic carbocycles. The minimum atomic E-state index is -0.0220. The van der Waals surface area contributed by atoms with Crippen molar-refractivity contribution in [3.05, 3.63) is 57.9 Å². The predicted octanol–water partition coefficient (Wildman–Crippen LogP) is 6.72. The second kappa shape index (κ2) is 6.48. The minimum Gasteiger partial charge on any atom is -0.493 e. The number of benzene rings is 2. The maximum atomic E-state index is 10.00. The summed E-state index contributed by atoms with van der Waals surface area (Å²) in [6.07, 6.45) is 0. The number of halogens is 2. The summed E-state index contributed by atoms with van der Waals surface area (Å²) in [6, 6.07) is 12.8. The van der Waals surface area contributed by atoms with Gasteiger partial charge in [0.15, 0.2) is 5.69 Å². The van der Waals surface area contributed by atoms with Crippen LogP contribution in [-0.2, 0) is 0 Å². The molecule has 0 fully saturated rings. The number of thiazole rings is 1. The molecule has 0 aliphatic rings. The van der Waals surface area contributed by atoms with Crippen molar-refractivity contribution in [2.45, 2.75) is 0 Å². The highest BCUT2D eigenvalue weighted by Crippen LogP contribution is 2.37. The molecule has 0 atom stereocenters. The molecular formula is C17H10Cl2N4OS. The third kappa shape index (κ3) is 3.11. The number of fused-ring (bicyclic) bond motifs is 1. The topological polar surface area (TPSA) is 73.6 Å². The highest BCUT2D eigenvalue weighted by molar-refractivity contribution is 7.13. The van der Waals surface area contributed by atoms with Crippen LogP contribution in [0.15, 0.2) is 58.1 Å². The predicted molar refractivity (Wildman–Crippen MR) is 102 cm³/mol. The van der Waals surface area contributed by atoms with Crippen LogP contribution in [0.3, 0.4) is 0 Å². The number of nitrogens with zero attached hydrogens (tertiary/aromatic N) is 3. The molecule has 0 bridgehead atoms. The Kier molecular flexibility index (Phi) is 4.17. The van der Waals surface area contributed by atoms with Crippen molar-refractivity contribution in [3.63, 3.8) is 0 Å². The average Bonchev–Trinajstić information content (AvgIpc) is 3.19. The first-order valence-electron chi connectivity index (χ1n) is 7.24. The smallest absolute Gasteiger partial charge is 0.230 e. The lowest BCUT2D eigenvalue weighted by Crippen LogP contribution is -1.77.